The number of hydrogen-bond acceptors (Lipinski definition) is 6. The normalized spacial score (nSPS) is 16.1. The third-order valence-electron chi connectivity index (χ3n) is 4.24. The zero-order valence-corrected chi connectivity index (χ0v) is 19.8. The number of carboxylic acid groups (broad SMARTS) is 1. The van der Waals surface area contributed by atoms with Crippen LogP contribution < -0.4 is 9.47 Å². The van der Waals surface area contributed by atoms with E-state index in [1.807, 2.05) is 6.07 Å². The first kappa shape index (κ1) is 22.9. The van der Waals surface area contributed by atoms with Gasteiger partial charge in [-0.1, -0.05) is 12.7 Å². The zero-order chi connectivity index (χ0) is 22.5. The molecule has 2 aromatic carbocycles. The van der Waals surface area contributed by atoms with E-state index in [0.29, 0.717) is 33.9 Å². The molecule has 1 amide bonds. The van der Waals surface area contributed by atoms with E-state index in [4.69, 9.17) is 14.6 Å². The first-order valence-corrected chi connectivity index (χ1v) is 10.9. The van der Waals surface area contributed by atoms with Gasteiger partial charge >= 0.3 is 5.97 Å². The molecule has 7 nitrogen and oxygen atoms in total. The Morgan fingerprint density at radius 3 is 2.65 bits per heavy atom. The lowest BCUT2D eigenvalue weighted by atomic mass is 10.2. The smallest absolute Gasteiger partial charge is 0.335 e. The topological polar surface area (TPSA) is 88.4 Å². The van der Waals surface area contributed by atoms with Gasteiger partial charge in [-0.3, -0.25) is 9.69 Å². The van der Waals surface area contributed by atoms with Crippen LogP contribution in [-0.2, 0) is 4.79 Å². The number of rotatable bonds is 7. The second-order valence-electron chi connectivity index (χ2n) is 6.36. The molecule has 0 radical (unpaired) electrons. The number of benzene rings is 2. The number of ether oxygens (including phenoxy) is 2. The second kappa shape index (κ2) is 10.0. The van der Waals surface area contributed by atoms with E-state index < -0.39 is 5.97 Å². The number of carboxylic acids is 1. The van der Waals surface area contributed by atoms with Gasteiger partial charge in [-0.15, -0.1) is 0 Å². The van der Waals surface area contributed by atoms with Crippen LogP contribution in [0.1, 0.15) is 15.9 Å². The maximum atomic E-state index is 12.7. The molecule has 2 aromatic rings. The summed E-state index contributed by atoms with van der Waals surface area (Å²) in [7, 11) is 3.21. The average Bonchev–Trinajstić information content (AvgIpc) is 3.00. The van der Waals surface area contributed by atoms with Gasteiger partial charge in [-0.2, -0.15) is 0 Å². The van der Waals surface area contributed by atoms with Crippen molar-refractivity contribution in [3.8, 4) is 11.5 Å². The highest BCUT2D eigenvalue weighted by Gasteiger charge is 2.30. The minimum Gasteiger partial charge on any atom is -0.493 e. The average molecular weight is 550 g/mol. The van der Waals surface area contributed by atoms with Crippen molar-refractivity contribution in [2.24, 2.45) is 4.99 Å². The number of nitrogens with zero attached hydrogens (tertiary/aromatic N) is 2. The molecule has 1 aliphatic heterocycles. The SMILES string of the molecule is C=CCOc1c(I)cc(/C=C2\SC(=Nc3ccc(C(=O)O)cc3)N(C)C2=O)cc1OC. The van der Waals surface area contributed by atoms with Crippen LogP contribution in [0.25, 0.3) is 6.08 Å². The molecule has 0 aromatic heterocycles. The van der Waals surface area contributed by atoms with Gasteiger partial charge in [-0.25, -0.2) is 9.79 Å². The zero-order valence-electron chi connectivity index (χ0n) is 16.8. The summed E-state index contributed by atoms with van der Waals surface area (Å²) in [5, 5.41) is 9.51. The summed E-state index contributed by atoms with van der Waals surface area (Å²) in [4.78, 5) is 30.2. The van der Waals surface area contributed by atoms with Crippen LogP contribution in [0.4, 0.5) is 5.69 Å². The quantitative estimate of drug-likeness (QED) is 0.303. The minimum absolute atomic E-state index is 0.174. The van der Waals surface area contributed by atoms with E-state index in [-0.39, 0.29) is 11.5 Å². The van der Waals surface area contributed by atoms with Gasteiger partial charge in [0.25, 0.3) is 5.91 Å². The predicted octanol–water partition coefficient (Wildman–Crippen LogP) is 4.80. The largest absolute Gasteiger partial charge is 0.493 e. The lowest BCUT2D eigenvalue weighted by Crippen LogP contribution is -2.23. The van der Waals surface area contributed by atoms with Crippen LogP contribution in [0.2, 0.25) is 0 Å². The number of halogens is 1. The number of carbonyl (C=O) groups excluding carboxylic acids is 1. The van der Waals surface area contributed by atoms with Crippen LogP contribution in [0.3, 0.4) is 0 Å². The van der Waals surface area contributed by atoms with E-state index in [2.05, 4.69) is 34.2 Å². The van der Waals surface area contributed by atoms with E-state index in [1.54, 1.807) is 44.5 Å². The fourth-order valence-electron chi connectivity index (χ4n) is 2.70. The fraction of sp³-hybridized carbons (Fsp3) is 0.136. The molecule has 0 unspecified atom stereocenters. The summed E-state index contributed by atoms with van der Waals surface area (Å²) in [5.41, 5.74) is 1.54. The molecule has 1 N–H and O–H groups in total. The molecule has 31 heavy (non-hydrogen) atoms. The highest BCUT2D eigenvalue weighted by atomic mass is 127. The third kappa shape index (κ3) is 5.28. The number of aliphatic imine (C=N–C) groups is 1. The lowest BCUT2D eigenvalue weighted by molar-refractivity contribution is -0.121. The summed E-state index contributed by atoms with van der Waals surface area (Å²) < 4.78 is 12.0. The maximum absolute atomic E-state index is 12.7. The monoisotopic (exact) mass is 550 g/mol. The van der Waals surface area contributed by atoms with E-state index in [9.17, 15) is 9.59 Å². The number of carbonyl (C=O) groups is 2. The van der Waals surface area contributed by atoms with Crippen molar-refractivity contribution in [3.63, 3.8) is 0 Å². The Labute approximate surface area is 197 Å². The highest BCUT2D eigenvalue weighted by Crippen LogP contribution is 2.37. The highest BCUT2D eigenvalue weighted by molar-refractivity contribution is 14.1. The number of thioether (sulfide) groups is 1. The van der Waals surface area contributed by atoms with Crippen molar-refractivity contribution < 1.29 is 24.2 Å². The molecule has 0 aliphatic carbocycles. The molecule has 1 fully saturated rings. The molecule has 1 heterocycles. The Morgan fingerprint density at radius 2 is 2.03 bits per heavy atom. The van der Waals surface area contributed by atoms with Crippen molar-refractivity contribution in [3.05, 3.63) is 68.7 Å². The molecular weight excluding hydrogens is 531 g/mol. The molecule has 9 heteroatoms. The van der Waals surface area contributed by atoms with E-state index in [1.165, 1.54) is 28.8 Å². The number of likely N-dealkylation sites (N-methyl/N-ethyl adjacent to an activating group) is 1. The van der Waals surface area contributed by atoms with Gasteiger partial charge < -0.3 is 14.6 Å². The van der Waals surface area contributed by atoms with Crippen molar-refractivity contribution in [1.82, 2.24) is 4.90 Å². The summed E-state index contributed by atoms with van der Waals surface area (Å²) in [5.74, 6) is 0.0151. The van der Waals surface area contributed by atoms with Crippen molar-refractivity contribution in [2.45, 2.75) is 0 Å². The van der Waals surface area contributed by atoms with Crippen molar-refractivity contribution in [2.75, 3.05) is 20.8 Å². The second-order valence-corrected chi connectivity index (χ2v) is 8.53. The minimum atomic E-state index is -1.00. The molecule has 0 saturated carbocycles. The summed E-state index contributed by atoms with van der Waals surface area (Å²) in [6.45, 7) is 4.01. The van der Waals surface area contributed by atoms with Gasteiger partial charge in [-0.05, 0) is 82.4 Å². The number of hydrogen-bond donors (Lipinski definition) is 1. The first-order chi connectivity index (χ1) is 14.8. The van der Waals surface area contributed by atoms with E-state index >= 15 is 0 Å². The lowest BCUT2D eigenvalue weighted by Gasteiger charge is -2.12. The molecule has 0 atom stereocenters. The molecule has 0 bridgehead atoms. The Hall–Kier alpha value is -2.79. The van der Waals surface area contributed by atoms with Gasteiger partial charge in [0, 0.05) is 7.05 Å². The maximum Gasteiger partial charge on any atom is 0.335 e. The van der Waals surface area contributed by atoms with Gasteiger partial charge in [0.1, 0.15) is 6.61 Å². The Morgan fingerprint density at radius 1 is 1.32 bits per heavy atom. The molecule has 0 spiro atoms. The van der Waals surface area contributed by atoms with Crippen LogP contribution in [-0.4, -0.2) is 47.8 Å². The van der Waals surface area contributed by atoms with Crippen LogP contribution in [0.15, 0.2) is 59.0 Å². The van der Waals surface area contributed by atoms with Crippen molar-refractivity contribution >= 4 is 63.2 Å². The van der Waals surface area contributed by atoms with Crippen LogP contribution >= 0.6 is 34.4 Å². The molecule has 160 valence electrons. The third-order valence-corrected chi connectivity index (χ3v) is 6.10. The Kier molecular flexibility index (Phi) is 7.39. The number of amides is 1. The van der Waals surface area contributed by atoms with Gasteiger partial charge in [0.2, 0.25) is 0 Å². The van der Waals surface area contributed by atoms with Crippen molar-refractivity contribution in [1.29, 1.82) is 0 Å². The first-order valence-electron chi connectivity index (χ1n) is 9.05. The molecule has 3 rings (SSSR count). The van der Waals surface area contributed by atoms with E-state index in [0.717, 1.165) is 9.13 Å². The molecule has 1 saturated heterocycles. The van der Waals surface area contributed by atoms with Crippen LogP contribution in [0, 0.1) is 3.57 Å². The Balaban J connectivity index is 1.88. The fourth-order valence-corrected chi connectivity index (χ4v) is 4.47. The van der Waals surface area contributed by atoms with Gasteiger partial charge in [0.05, 0.1) is 26.8 Å². The van der Waals surface area contributed by atoms with Crippen LogP contribution in [0.5, 0.6) is 11.5 Å². The number of amidine groups is 1. The standard InChI is InChI=1S/C22H19IN2O5S/c1-4-9-30-19-16(23)10-13(11-17(19)29-3)12-18-20(26)25(2)22(31-18)24-15-7-5-14(6-8-15)21(27)28/h4-8,10-12H,1,9H2,2-3H3,(H,27,28)/b18-12-,24-22?. The summed E-state index contributed by atoms with van der Waals surface area (Å²) in [6, 6.07) is 9.87. The summed E-state index contributed by atoms with van der Waals surface area (Å²) in [6.07, 6.45) is 3.44. The summed E-state index contributed by atoms with van der Waals surface area (Å²) >= 11 is 3.41. The number of aromatic carboxylic acids is 1. The van der Waals surface area contributed by atoms with Gasteiger partial charge in [0.15, 0.2) is 16.7 Å². The Bertz CT molecular complexity index is 1100. The predicted molar refractivity (Wildman–Crippen MR) is 130 cm³/mol. The molecular formula is C22H19IN2O5S. The molecule has 1 aliphatic rings. The number of methoxy groups -OCH3 is 1.